The van der Waals surface area contributed by atoms with Crippen LogP contribution in [0.3, 0.4) is 0 Å². The molecular formula is C13H18N4O2. The van der Waals surface area contributed by atoms with Crippen molar-refractivity contribution in [3.05, 3.63) is 29.9 Å². The monoisotopic (exact) mass is 262 g/mol. The molecule has 6 nitrogen and oxygen atoms in total. The Labute approximate surface area is 112 Å². The smallest absolute Gasteiger partial charge is 0.358 e. The maximum atomic E-state index is 11.3. The maximum Gasteiger partial charge on any atom is 0.358 e. The van der Waals surface area contributed by atoms with Crippen LogP contribution in [0.1, 0.15) is 24.3 Å². The highest BCUT2D eigenvalue weighted by molar-refractivity contribution is 5.86. The summed E-state index contributed by atoms with van der Waals surface area (Å²) < 4.78 is 4.60. The van der Waals surface area contributed by atoms with E-state index in [1.54, 1.807) is 6.20 Å². The number of nitrogens with zero attached hydrogens (tertiary/aromatic N) is 3. The first-order chi connectivity index (χ1) is 9.15. The Morgan fingerprint density at radius 1 is 1.53 bits per heavy atom. The molecule has 0 aromatic carbocycles. The van der Waals surface area contributed by atoms with Gasteiger partial charge in [-0.2, -0.15) is 0 Å². The molecule has 0 radical (unpaired) electrons. The molecule has 1 N–H and O–H groups in total. The van der Waals surface area contributed by atoms with E-state index < -0.39 is 5.97 Å². The second kappa shape index (κ2) is 5.69. The van der Waals surface area contributed by atoms with E-state index in [2.05, 4.69) is 37.9 Å². The minimum Gasteiger partial charge on any atom is -0.464 e. The maximum absolute atomic E-state index is 11.3. The number of carbonyl (C=O) groups excluding carboxylic acids is 1. The van der Waals surface area contributed by atoms with E-state index in [0.717, 1.165) is 24.6 Å². The van der Waals surface area contributed by atoms with Crippen molar-refractivity contribution in [1.29, 1.82) is 0 Å². The van der Waals surface area contributed by atoms with E-state index in [1.165, 1.54) is 13.3 Å². The van der Waals surface area contributed by atoms with Gasteiger partial charge in [-0.25, -0.2) is 14.8 Å². The number of nitrogens with one attached hydrogen (secondary N) is 1. The zero-order valence-corrected chi connectivity index (χ0v) is 11.4. The molecule has 1 aromatic rings. The van der Waals surface area contributed by atoms with E-state index in [9.17, 15) is 4.79 Å². The van der Waals surface area contributed by atoms with Crippen molar-refractivity contribution in [2.45, 2.75) is 19.9 Å². The molecule has 0 bridgehead atoms. The minimum atomic E-state index is -0.471. The van der Waals surface area contributed by atoms with Crippen LogP contribution in [-0.4, -0.2) is 42.2 Å². The van der Waals surface area contributed by atoms with Crippen molar-refractivity contribution < 1.29 is 9.53 Å². The summed E-state index contributed by atoms with van der Waals surface area (Å²) >= 11 is 0. The van der Waals surface area contributed by atoms with Crippen LogP contribution in [0.2, 0.25) is 0 Å². The first-order valence-corrected chi connectivity index (χ1v) is 6.21. The van der Waals surface area contributed by atoms with Gasteiger partial charge in [0.2, 0.25) is 0 Å². The van der Waals surface area contributed by atoms with Gasteiger partial charge >= 0.3 is 5.97 Å². The highest BCUT2D eigenvalue weighted by Gasteiger charge is 2.22. The number of anilines is 1. The molecule has 6 heteroatoms. The number of allylic oxidation sites excluding steroid dienone is 1. The number of rotatable bonds is 2. The topological polar surface area (TPSA) is 67.4 Å². The molecule has 1 atom stereocenters. The normalized spacial score (nSPS) is 21.1. The number of hydrogen-bond acceptors (Lipinski definition) is 6. The van der Waals surface area contributed by atoms with Gasteiger partial charge in [0, 0.05) is 18.3 Å². The van der Waals surface area contributed by atoms with Gasteiger partial charge in [-0.05, 0) is 13.8 Å². The predicted octanol–water partition coefficient (Wildman–Crippen LogP) is 0.965. The molecule has 102 valence electrons. The molecule has 1 fully saturated rings. The molecule has 0 amide bonds. The number of ether oxygens (including phenoxy) is 1. The molecular weight excluding hydrogens is 244 g/mol. The third kappa shape index (κ3) is 2.83. The summed E-state index contributed by atoms with van der Waals surface area (Å²) in [6, 6.07) is 0.321. The van der Waals surface area contributed by atoms with Gasteiger partial charge in [0.25, 0.3) is 0 Å². The SMILES string of the molecule is C/C=C1\CN(c2cnc(C(=O)OC)cn2)[C@H](C)CN1. The van der Waals surface area contributed by atoms with E-state index in [4.69, 9.17) is 0 Å². The second-order valence-corrected chi connectivity index (χ2v) is 4.42. The molecule has 2 rings (SSSR count). The molecule has 1 aliphatic rings. The summed E-state index contributed by atoms with van der Waals surface area (Å²) in [7, 11) is 1.33. The fraction of sp³-hybridized carbons (Fsp3) is 0.462. The van der Waals surface area contributed by atoms with Gasteiger partial charge in [-0.3, -0.25) is 0 Å². The number of aromatic nitrogens is 2. The first kappa shape index (κ1) is 13.3. The summed E-state index contributed by atoms with van der Waals surface area (Å²) in [6.07, 6.45) is 5.11. The largest absolute Gasteiger partial charge is 0.464 e. The van der Waals surface area contributed by atoms with Crippen molar-refractivity contribution in [2.75, 3.05) is 25.1 Å². The van der Waals surface area contributed by atoms with Gasteiger partial charge in [-0.1, -0.05) is 6.08 Å². The van der Waals surface area contributed by atoms with Crippen LogP contribution in [0.15, 0.2) is 24.2 Å². The lowest BCUT2D eigenvalue weighted by molar-refractivity contribution is 0.0593. The van der Waals surface area contributed by atoms with Crippen molar-refractivity contribution >= 4 is 11.8 Å². The molecule has 19 heavy (non-hydrogen) atoms. The second-order valence-electron chi connectivity index (χ2n) is 4.42. The molecule has 0 aliphatic carbocycles. The Morgan fingerprint density at radius 2 is 2.32 bits per heavy atom. The van der Waals surface area contributed by atoms with Crippen LogP contribution >= 0.6 is 0 Å². The fourth-order valence-electron chi connectivity index (χ4n) is 1.96. The number of carbonyl (C=O) groups is 1. The van der Waals surface area contributed by atoms with Crippen LogP contribution < -0.4 is 10.2 Å². The molecule has 0 spiro atoms. The van der Waals surface area contributed by atoms with Crippen molar-refractivity contribution in [1.82, 2.24) is 15.3 Å². The zero-order valence-electron chi connectivity index (χ0n) is 11.4. The van der Waals surface area contributed by atoms with Crippen LogP contribution in [0.25, 0.3) is 0 Å². The van der Waals surface area contributed by atoms with E-state index in [1.807, 2.05) is 6.92 Å². The summed E-state index contributed by atoms with van der Waals surface area (Å²) in [4.78, 5) is 21.8. The third-order valence-corrected chi connectivity index (χ3v) is 3.17. The number of esters is 1. The van der Waals surface area contributed by atoms with E-state index in [0.29, 0.717) is 6.04 Å². The Morgan fingerprint density at radius 3 is 2.89 bits per heavy atom. The Bertz CT molecular complexity index is 484. The number of hydrogen-bond donors (Lipinski definition) is 1. The van der Waals surface area contributed by atoms with Crippen molar-refractivity contribution in [3.8, 4) is 0 Å². The Balaban J connectivity index is 2.18. The highest BCUT2D eigenvalue weighted by Crippen LogP contribution is 2.17. The van der Waals surface area contributed by atoms with Crippen molar-refractivity contribution in [2.24, 2.45) is 0 Å². The average molecular weight is 262 g/mol. The highest BCUT2D eigenvalue weighted by atomic mass is 16.5. The standard InChI is InChI=1S/C13H18N4O2/c1-4-10-8-17(9(2)5-14-10)12-7-15-11(6-16-12)13(18)19-3/h4,6-7,9,14H,5,8H2,1-3H3/b10-4+/t9-/m1/s1. The van der Waals surface area contributed by atoms with Gasteiger partial charge < -0.3 is 15.0 Å². The van der Waals surface area contributed by atoms with E-state index in [-0.39, 0.29) is 5.69 Å². The van der Waals surface area contributed by atoms with Crippen LogP contribution in [0, 0.1) is 0 Å². The average Bonchev–Trinajstić information content (AvgIpc) is 2.47. The van der Waals surface area contributed by atoms with E-state index >= 15 is 0 Å². The van der Waals surface area contributed by atoms with Crippen LogP contribution in [0.5, 0.6) is 0 Å². The third-order valence-electron chi connectivity index (χ3n) is 3.17. The summed E-state index contributed by atoms with van der Waals surface area (Å²) in [5, 5.41) is 3.35. The van der Waals surface area contributed by atoms with Crippen molar-refractivity contribution in [3.63, 3.8) is 0 Å². The zero-order chi connectivity index (χ0) is 13.8. The van der Waals surface area contributed by atoms with Gasteiger partial charge in [0.05, 0.1) is 26.0 Å². The minimum absolute atomic E-state index is 0.222. The Hall–Kier alpha value is -2.11. The molecule has 1 aromatic heterocycles. The molecule has 1 aliphatic heterocycles. The summed E-state index contributed by atoms with van der Waals surface area (Å²) in [5.74, 6) is 0.294. The Kier molecular flexibility index (Phi) is 3.99. The molecule has 2 heterocycles. The molecule has 0 saturated carbocycles. The summed E-state index contributed by atoms with van der Waals surface area (Å²) in [5.41, 5.74) is 1.39. The van der Waals surface area contributed by atoms with Gasteiger partial charge in [-0.15, -0.1) is 0 Å². The number of methoxy groups -OCH3 is 1. The van der Waals surface area contributed by atoms with Crippen LogP contribution in [0.4, 0.5) is 5.82 Å². The van der Waals surface area contributed by atoms with Gasteiger partial charge in [0.1, 0.15) is 5.82 Å². The first-order valence-electron chi connectivity index (χ1n) is 6.21. The summed E-state index contributed by atoms with van der Waals surface area (Å²) in [6.45, 7) is 5.75. The number of piperazine rings is 1. The predicted molar refractivity (Wildman–Crippen MR) is 71.9 cm³/mol. The lowest BCUT2D eigenvalue weighted by Gasteiger charge is -2.36. The molecule has 0 unspecified atom stereocenters. The molecule has 1 saturated heterocycles. The lowest BCUT2D eigenvalue weighted by atomic mass is 10.2. The van der Waals surface area contributed by atoms with Crippen LogP contribution in [-0.2, 0) is 4.74 Å². The lowest BCUT2D eigenvalue weighted by Crippen LogP contribution is -2.49. The quantitative estimate of drug-likeness (QED) is 0.801. The fourth-order valence-corrected chi connectivity index (χ4v) is 1.96. The van der Waals surface area contributed by atoms with Gasteiger partial charge in [0.15, 0.2) is 5.69 Å².